The number of nitrogens with one attached hydrogen (secondary N) is 3. The maximum Gasteiger partial charge on any atom is 0.129 e. The first-order chi connectivity index (χ1) is 12.3. The summed E-state index contributed by atoms with van der Waals surface area (Å²) in [7, 11) is 0. The molecule has 0 bridgehead atoms. The number of anilines is 3. The van der Waals surface area contributed by atoms with E-state index in [0.29, 0.717) is 4.99 Å². The Bertz CT molecular complexity index is 1010. The van der Waals surface area contributed by atoms with Gasteiger partial charge in [0.05, 0.1) is 11.4 Å². The van der Waals surface area contributed by atoms with Crippen molar-refractivity contribution in [2.75, 3.05) is 10.6 Å². The van der Waals surface area contributed by atoms with Gasteiger partial charge in [0.15, 0.2) is 0 Å². The Kier molecular flexibility index (Phi) is 4.19. The minimum Gasteiger partial charge on any atom is -0.353 e. The average Bonchev–Trinajstić information content (AvgIpc) is 3.02. The van der Waals surface area contributed by atoms with Crippen LogP contribution in [0.4, 0.5) is 17.1 Å². The molecule has 4 rings (SSSR count). The van der Waals surface area contributed by atoms with E-state index in [2.05, 4.69) is 27.8 Å². The van der Waals surface area contributed by atoms with Crippen molar-refractivity contribution in [1.82, 2.24) is 4.98 Å². The number of thiocarbonyl (C=S) groups is 1. The second-order valence-corrected chi connectivity index (χ2v) is 6.14. The number of aromatic amines is 1. The highest BCUT2D eigenvalue weighted by atomic mass is 32.1. The molecular formula is C21H17N3S. The first-order valence-electron chi connectivity index (χ1n) is 8.10. The maximum absolute atomic E-state index is 5.66. The van der Waals surface area contributed by atoms with E-state index in [0.717, 1.165) is 33.7 Å². The van der Waals surface area contributed by atoms with Crippen LogP contribution in [-0.4, -0.2) is 9.97 Å². The van der Waals surface area contributed by atoms with E-state index in [-0.39, 0.29) is 0 Å². The zero-order chi connectivity index (χ0) is 17.1. The molecule has 0 aliphatic heterocycles. The third kappa shape index (κ3) is 3.25. The largest absolute Gasteiger partial charge is 0.353 e. The van der Waals surface area contributed by atoms with Gasteiger partial charge in [0.1, 0.15) is 4.99 Å². The topological polar surface area (TPSA) is 39.9 Å². The number of aromatic nitrogens is 1. The third-order valence-electron chi connectivity index (χ3n) is 4.01. The first kappa shape index (κ1) is 15.4. The highest BCUT2D eigenvalue weighted by molar-refractivity contribution is 7.81. The lowest BCUT2D eigenvalue weighted by Gasteiger charge is -2.11. The fourth-order valence-corrected chi connectivity index (χ4v) is 3.09. The van der Waals surface area contributed by atoms with Crippen LogP contribution in [0.5, 0.6) is 0 Å². The van der Waals surface area contributed by atoms with E-state index in [1.807, 2.05) is 72.8 Å². The fraction of sp³-hybridized carbons (Fsp3) is 0. The van der Waals surface area contributed by atoms with Gasteiger partial charge in [0.2, 0.25) is 0 Å². The summed E-state index contributed by atoms with van der Waals surface area (Å²) in [5.41, 5.74) is 4.90. The second-order valence-electron chi connectivity index (χ2n) is 5.73. The molecule has 122 valence electrons. The SMILES string of the molecule is S=C(Nc1ccccc1)c1[nH]c2ccccc2c1Nc1ccccc1. The van der Waals surface area contributed by atoms with Gasteiger partial charge in [0, 0.05) is 22.3 Å². The van der Waals surface area contributed by atoms with Crippen LogP contribution in [0, 0.1) is 0 Å². The molecule has 3 N–H and O–H groups in total. The molecule has 0 amide bonds. The van der Waals surface area contributed by atoms with Crippen molar-refractivity contribution in [2.45, 2.75) is 0 Å². The predicted octanol–water partition coefficient (Wildman–Crippen LogP) is 5.70. The molecule has 0 aliphatic carbocycles. The lowest BCUT2D eigenvalue weighted by molar-refractivity contribution is 1.42. The van der Waals surface area contributed by atoms with Gasteiger partial charge in [-0.25, -0.2) is 0 Å². The van der Waals surface area contributed by atoms with Crippen molar-refractivity contribution in [1.29, 1.82) is 0 Å². The molecule has 0 radical (unpaired) electrons. The molecule has 4 heteroatoms. The van der Waals surface area contributed by atoms with Crippen LogP contribution >= 0.6 is 12.2 Å². The Morgan fingerprint density at radius 2 is 1.32 bits per heavy atom. The lowest BCUT2D eigenvalue weighted by atomic mass is 10.2. The van der Waals surface area contributed by atoms with Crippen LogP contribution in [0.25, 0.3) is 10.9 Å². The van der Waals surface area contributed by atoms with Gasteiger partial charge in [-0.3, -0.25) is 0 Å². The summed E-state index contributed by atoms with van der Waals surface area (Å²) < 4.78 is 0. The Hall–Kier alpha value is -3.11. The molecule has 0 spiro atoms. The summed E-state index contributed by atoms with van der Waals surface area (Å²) in [6.07, 6.45) is 0. The van der Waals surface area contributed by atoms with Crippen LogP contribution in [0.3, 0.4) is 0 Å². The van der Waals surface area contributed by atoms with Gasteiger partial charge in [-0.1, -0.05) is 66.8 Å². The van der Waals surface area contributed by atoms with Crippen LogP contribution in [0.1, 0.15) is 5.69 Å². The Balaban J connectivity index is 1.74. The van der Waals surface area contributed by atoms with Crippen molar-refractivity contribution in [3.8, 4) is 0 Å². The number of hydrogen-bond acceptors (Lipinski definition) is 2. The van der Waals surface area contributed by atoms with Gasteiger partial charge >= 0.3 is 0 Å². The van der Waals surface area contributed by atoms with Gasteiger partial charge in [0.25, 0.3) is 0 Å². The first-order valence-corrected chi connectivity index (χ1v) is 8.51. The van der Waals surface area contributed by atoms with E-state index in [4.69, 9.17) is 12.2 Å². The van der Waals surface area contributed by atoms with Crippen molar-refractivity contribution in [2.24, 2.45) is 0 Å². The summed E-state index contributed by atoms with van der Waals surface area (Å²) >= 11 is 5.66. The molecule has 3 aromatic carbocycles. The molecule has 1 heterocycles. The number of benzene rings is 3. The number of rotatable bonds is 4. The fourth-order valence-electron chi connectivity index (χ4n) is 2.82. The molecule has 4 aromatic rings. The van der Waals surface area contributed by atoms with E-state index < -0.39 is 0 Å². The normalized spacial score (nSPS) is 10.6. The molecule has 3 nitrogen and oxygen atoms in total. The third-order valence-corrected chi connectivity index (χ3v) is 4.31. The van der Waals surface area contributed by atoms with Crippen molar-refractivity contribution >= 4 is 45.2 Å². The molecule has 0 fully saturated rings. The summed E-state index contributed by atoms with van der Waals surface area (Å²) in [6, 6.07) is 28.3. The molecule has 0 aliphatic rings. The summed E-state index contributed by atoms with van der Waals surface area (Å²) in [6.45, 7) is 0. The van der Waals surface area contributed by atoms with Crippen LogP contribution in [0.2, 0.25) is 0 Å². The summed E-state index contributed by atoms with van der Waals surface area (Å²) in [5, 5.41) is 7.92. The van der Waals surface area contributed by atoms with E-state index in [1.165, 1.54) is 0 Å². The van der Waals surface area contributed by atoms with Crippen LogP contribution in [0.15, 0.2) is 84.9 Å². The maximum atomic E-state index is 5.66. The smallest absolute Gasteiger partial charge is 0.129 e. The number of fused-ring (bicyclic) bond motifs is 1. The summed E-state index contributed by atoms with van der Waals surface area (Å²) in [4.78, 5) is 4.09. The molecule has 0 unspecified atom stereocenters. The van der Waals surface area contributed by atoms with E-state index >= 15 is 0 Å². The van der Waals surface area contributed by atoms with Crippen molar-refractivity contribution in [3.05, 3.63) is 90.6 Å². The Morgan fingerprint density at radius 3 is 2.04 bits per heavy atom. The Morgan fingerprint density at radius 1 is 0.720 bits per heavy atom. The molecule has 25 heavy (non-hydrogen) atoms. The standard InChI is InChI=1S/C21H17N3S/c25-21(23-16-11-5-2-6-12-16)20-19(22-15-9-3-1-4-10-15)17-13-7-8-14-18(17)24-20/h1-14,22,24H,(H,23,25). The predicted molar refractivity (Wildman–Crippen MR) is 110 cm³/mol. The molecule has 0 saturated carbocycles. The monoisotopic (exact) mass is 343 g/mol. The second kappa shape index (κ2) is 6.79. The number of H-pyrrole nitrogens is 1. The van der Waals surface area contributed by atoms with Gasteiger partial charge in [-0.2, -0.15) is 0 Å². The Labute approximate surface area is 151 Å². The van der Waals surface area contributed by atoms with Crippen LogP contribution < -0.4 is 10.6 Å². The van der Waals surface area contributed by atoms with E-state index in [9.17, 15) is 0 Å². The quantitative estimate of drug-likeness (QED) is 0.416. The summed E-state index contributed by atoms with van der Waals surface area (Å²) in [5.74, 6) is 0. The van der Waals surface area contributed by atoms with Crippen molar-refractivity contribution in [3.63, 3.8) is 0 Å². The molecule has 0 atom stereocenters. The molecule has 0 saturated heterocycles. The number of hydrogen-bond donors (Lipinski definition) is 3. The van der Waals surface area contributed by atoms with Crippen molar-refractivity contribution < 1.29 is 0 Å². The highest BCUT2D eigenvalue weighted by Crippen LogP contribution is 2.31. The number of para-hydroxylation sites is 3. The van der Waals surface area contributed by atoms with E-state index in [1.54, 1.807) is 0 Å². The van der Waals surface area contributed by atoms with Gasteiger partial charge in [-0.05, 0) is 30.3 Å². The highest BCUT2D eigenvalue weighted by Gasteiger charge is 2.15. The van der Waals surface area contributed by atoms with Crippen LogP contribution in [-0.2, 0) is 0 Å². The molecular weight excluding hydrogens is 326 g/mol. The zero-order valence-corrected chi connectivity index (χ0v) is 14.3. The van der Waals surface area contributed by atoms with Gasteiger partial charge < -0.3 is 15.6 Å². The minimum atomic E-state index is 0.654. The minimum absolute atomic E-state index is 0.654. The lowest BCUT2D eigenvalue weighted by Crippen LogP contribution is -2.12. The van der Waals surface area contributed by atoms with Gasteiger partial charge in [-0.15, -0.1) is 0 Å². The average molecular weight is 343 g/mol. The zero-order valence-electron chi connectivity index (χ0n) is 13.5. The molecule has 1 aromatic heterocycles.